The van der Waals surface area contributed by atoms with Crippen LogP contribution in [0.3, 0.4) is 0 Å². The molecule has 0 fully saturated rings. The van der Waals surface area contributed by atoms with Gasteiger partial charge < -0.3 is 4.42 Å². The SMILES string of the molecule is C[n+]1c(C=Cc2ccc(-c3ccccc3[N+](=O)[O-])o2)sc2ccccc21. The van der Waals surface area contributed by atoms with Crippen LogP contribution >= 0.6 is 11.3 Å². The summed E-state index contributed by atoms with van der Waals surface area (Å²) < 4.78 is 9.15. The summed E-state index contributed by atoms with van der Waals surface area (Å²) >= 11 is 1.70. The maximum atomic E-state index is 11.2. The molecule has 2 aromatic heterocycles. The number of fused-ring (bicyclic) bond motifs is 1. The molecule has 5 nitrogen and oxygen atoms in total. The van der Waals surface area contributed by atoms with E-state index < -0.39 is 4.92 Å². The zero-order valence-corrected chi connectivity index (χ0v) is 14.8. The first-order valence-electron chi connectivity index (χ1n) is 8.03. The second kappa shape index (κ2) is 6.57. The molecule has 0 saturated heterocycles. The maximum absolute atomic E-state index is 11.2. The smallest absolute Gasteiger partial charge is 0.280 e. The van der Waals surface area contributed by atoms with E-state index in [1.54, 1.807) is 35.6 Å². The van der Waals surface area contributed by atoms with Crippen molar-refractivity contribution >= 4 is 39.4 Å². The van der Waals surface area contributed by atoms with Crippen LogP contribution in [-0.2, 0) is 7.05 Å². The first-order chi connectivity index (χ1) is 12.6. The van der Waals surface area contributed by atoms with E-state index >= 15 is 0 Å². The molecule has 0 aliphatic rings. The Labute approximate surface area is 153 Å². The van der Waals surface area contributed by atoms with Gasteiger partial charge in [0.2, 0.25) is 5.52 Å². The summed E-state index contributed by atoms with van der Waals surface area (Å²) in [5, 5.41) is 12.3. The average molecular weight is 363 g/mol. The van der Waals surface area contributed by atoms with Crippen molar-refractivity contribution in [1.29, 1.82) is 0 Å². The number of furan rings is 1. The Kier molecular flexibility index (Phi) is 4.10. The fourth-order valence-electron chi connectivity index (χ4n) is 2.85. The van der Waals surface area contributed by atoms with Crippen molar-refractivity contribution in [3.63, 3.8) is 0 Å². The third kappa shape index (κ3) is 2.91. The van der Waals surface area contributed by atoms with Crippen LogP contribution in [0.5, 0.6) is 0 Å². The fourth-order valence-corrected chi connectivity index (χ4v) is 3.90. The van der Waals surface area contributed by atoms with E-state index in [2.05, 4.69) is 16.7 Å². The molecule has 0 spiro atoms. The van der Waals surface area contributed by atoms with E-state index in [0.717, 1.165) is 5.01 Å². The highest BCUT2D eigenvalue weighted by molar-refractivity contribution is 7.18. The Morgan fingerprint density at radius 2 is 1.81 bits per heavy atom. The Hall–Kier alpha value is -3.25. The number of nitrogens with zero attached hydrogens (tertiary/aromatic N) is 2. The van der Waals surface area contributed by atoms with Crippen LogP contribution in [0.2, 0.25) is 0 Å². The second-order valence-corrected chi connectivity index (χ2v) is 6.84. The van der Waals surface area contributed by atoms with Gasteiger partial charge in [-0.25, -0.2) is 0 Å². The van der Waals surface area contributed by atoms with Crippen LogP contribution in [0, 0.1) is 10.1 Å². The number of para-hydroxylation sites is 2. The van der Waals surface area contributed by atoms with E-state index in [-0.39, 0.29) is 5.69 Å². The van der Waals surface area contributed by atoms with Gasteiger partial charge in [-0.05, 0) is 30.3 Å². The molecule has 0 amide bonds. The molecule has 0 radical (unpaired) electrons. The van der Waals surface area contributed by atoms with Gasteiger partial charge in [0.25, 0.3) is 10.7 Å². The number of rotatable bonds is 4. The summed E-state index contributed by atoms with van der Waals surface area (Å²) in [6.07, 6.45) is 3.87. The highest BCUT2D eigenvalue weighted by atomic mass is 32.1. The van der Waals surface area contributed by atoms with Crippen molar-refractivity contribution in [2.75, 3.05) is 0 Å². The molecule has 2 heterocycles. The molecule has 4 aromatic rings. The molecule has 6 heteroatoms. The Balaban J connectivity index is 1.66. The number of hydrogen-bond donors (Lipinski definition) is 0. The molecule has 0 N–H and O–H groups in total. The molecule has 0 saturated carbocycles. The van der Waals surface area contributed by atoms with Gasteiger partial charge in [-0.2, -0.15) is 4.57 Å². The molecular formula is C20H15N2O3S+. The van der Waals surface area contributed by atoms with Crippen molar-refractivity contribution in [3.8, 4) is 11.3 Å². The van der Waals surface area contributed by atoms with Gasteiger partial charge in [-0.1, -0.05) is 35.6 Å². The van der Waals surface area contributed by atoms with Gasteiger partial charge >= 0.3 is 0 Å². The summed E-state index contributed by atoms with van der Waals surface area (Å²) in [6.45, 7) is 0. The number of nitro benzene ring substituents is 1. The molecule has 0 aliphatic carbocycles. The molecule has 2 aromatic carbocycles. The normalized spacial score (nSPS) is 11.4. The van der Waals surface area contributed by atoms with E-state index in [9.17, 15) is 10.1 Å². The Morgan fingerprint density at radius 3 is 2.62 bits per heavy atom. The molecular weight excluding hydrogens is 348 g/mol. The lowest BCUT2D eigenvalue weighted by atomic mass is 10.1. The topological polar surface area (TPSA) is 60.2 Å². The summed E-state index contributed by atoms with van der Waals surface area (Å²) in [5.41, 5.74) is 1.69. The third-order valence-electron chi connectivity index (χ3n) is 4.15. The van der Waals surface area contributed by atoms with Crippen molar-refractivity contribution in [1.82, 2.24) is 0 Å². The number of hydrogen-bond acceptors (Lipinski definition) is 4. The third-order valence-corrected chi connectivity index (χ3v) is 5.34. The summed E-state index contributed by atoms with van der Waals surface area (Å²) in [6, 6.07) is 18.4. The molecule has 0 unspecified atom stereocenters. The van der Waals surface area contributed by atoms with Gasteiger partial charge in [-0.3, -0.25) is 10.1 Å². The number of nitro groups is 1. The number of aryl methyl sites for hydroxylation is 1. The number of aromatic nitrogens is 1. The first-order valence-corrected chi connectivity index (χ1v) is 8.84. The summed E-state index contributed by atoms with van der Waals surface area (Å²) in [4.78, 5) is 10.8. The van der Waals surface area contributed by atoms with E-state index in [1.807, 2.05) is 37.4 Å². The standard InChI is InChI=1S/C20H15N2O3S/c1-21-17-8-4-5-9-19(17)26-20(21)13-11-14-10-12-18(25-14)15-6-2-3-7-16(15)22(23)24/h2-13H,1H3/q+1. The van der Waals surface area contributed by atoms with Crippen LogP contribution in [0.25, 0.3) is 33.7 Å². The van der Waals surface area contributed by atoms with Gasteiger partial charge in [0.15, 0.2) is 0 Å². The zero-order chi connectivity index (χ0) is 18.1. The predicted octanol–water partition coefficient (Wildman–Crippen LogP) is 5.06. The van der Waals surface area contributed by atoms with Crippen LogP contribution in [-0.4, -0.2) is 4.92 Å². The van der Waals surface area contributed by atoms with E-state index in [1.165, 1.54) is 16.3 Å². The van der Waals surface area contributed by atoms with Gasteiger partial charge in [0, 0.05) is 18.2 Å². The minimum atomic E-state index is -0.398. The zero-order valence-electron chi connectivity index (χ0n) is 14.0. The monoisotopic (exact) mass is 363 g/mol. The quantitative estimate of drug-likeness (QED) is 0.289. The molecule has 0 bridgehead atoms. The van der Waals surface area contributed by atoms with Gasteiger partial charge in [0.1, 0.15) is 23.3 Å². The van der Waals surface area contributed by atoms with Gasteiger partial charge in [-0.15, -0.1) is 0 Å². The largest absolute Gasteiger partial charge is 0.456 e. The van der Waals surface area contributed by atoms with E-state index in [4.69, 9.17) is 4.42 Å². The van der Waals surface area contributed by atoms with Crippen molar-refractivity contribution < 1.29 is 13.9 Å². The Morgan fingerprint density at radius 1 is 1.04 bits per heavy atom. The minimum Gasteiger partial charge on any atom is -0.456 e. The van der Waals surface area contributed by atoms with Crippen molar-refractivity contribution in [2.24, 2.45) is 7.05 Å². The molecule has 4 rings (SSSR count). The molecule has 26 heavy (non-hydrogen) atoms. The van der Waals surface area contributed by atoms with E-state index in [0.29, 0.717) is 17.1 Å². The lowest BCUT2D eigenvalue weighted by molar-refractivity contribution is -0.642. The van der Waals surface area contributed by atoms with Crippen LogP contribution in [0.15, 0.2) is 65.1 Å². The second-order valence-electron chi connectivity index (χ2n) is 5.78. The van der Waals surface area contributed by atoms with Crippen molar-refractivity contribution in [3.05, 3.63) is 81.5 Å². The maximum Gasteiger partial charge on any atom is 0.280 e. The van der Waals surface area contributed by atoms with Crippen LogP contribution < -0.4 is 4.57 Å². The lowest BCUT2D eigenvalue weighted by Gasteiger charge is -1.98. The highest BCUT2D eigenvalue weighted by Crippen LogP contribution is 2.31. The van der Waals surface area contributed by atoms with Gasteiger partial charge in [0.05, 0.1) is 10.5 Å². The minimum absolute atomic E-state index is 0.0354. The summed E-state index contributed by atoms with van der Waals surface area (Å²) in [7, 11) is 2.03. The predicted molar refractivity (Wildman–Crippen MR) is 103 cm³/mol. The fraction of sp³-hybridized carbons (Fsp3) is 0.0500. The van der Waals surface area contributed by atoms with Crippen molar-refractivity contribution in [2.45, 2.75) is 0 Å². The number of benzene rings is 2. The molecule has 0 atom stereocenters. The highest BCUT2D eigenvalue weighted by Gasteiger charge is 2.17. The summed E-state index contributed by atoms with van der Waals surface area (Å²) in [5.74, 6) is 1.13. The molecule has 128 valence electrons. The molecule has 0 aliphatic heterocycles. The van der Waals surface area contributed by atoms with Crippen LogP contribution in [0.4, 0.5) is 5.69 Å². The first kappa shape index (κ1) is 16.2. The lowest BCUT2D eigenvalue weighted by Crippen LogP contribution is -2.28. The Bertz CT molecular complexity index is 1140. The average Bonchev–Trinajstić information content (AvgIpc) is 3.25. The van der Waals surface area contributed by atoms with Crippen LogP contribution in [0.1, 0.15) is 10.8 Å². The number of thiazole rings is 1.